The van der Waals surface area contributed by atoms with E-state index in [-0.39, 0.29) is 5.56 Å². The SMILES string of the molecule is COC(=O)/C=C/n1cc([C@@H]2O[C@H](CO)C(O)C2O)c(=O)[nH]c1=O. The van der Waals surface area contributed by atoms with Crippen molar-refractivity contribution >= 4 is 12.2 Å². The normalized spacial score (nSPS) is 27.5. The molecule has 1 saturated heterocycles. The first-order valence-corrected chi connectivity index (χ1v) is 6.63. The first-order valence-electron chi connectivity index (χ1n) is 6.63. The lowest BCUT2D eigenvalue weighted by molar-refractivity contribution is -0.134. The molecule has 0 aliphatic carbocycles. The minimum atomic E-state index is -1.45. The average Bonchev–Trinajstić information content (AvgIpc) is 2.81. The summed E-state index contributed by atoms with van der Waals surface area (Å²) in [4.78, 5) is 36.7. The maximum Gasteiger partial charge on any atom is 0.332 e. The Morgan fingerprint density at radius 2 is 2.13 bits per heavy atom. The van der Waals surface area contributed by atoms with Crippen LogP contribution in [0.5, 0.6) is 0 Å². The summed E-state index contributed by atoms with van der Waals surface area (Å²) in [5, 5.41) is 28.7. The minimum absolute atomic E-state index is 0.137. The van der Waals surface area contributed by atoms with Crippen LogP contribution in [0.1, 0.15) is 11.7 Å². The van der Waals surface area contributed by atoms with Crippen LogP contribution in [-0.2, 0) is 14.3 Å². The first kappa shape index (κ1) is 17.1. The number of aromatic amines is 1. The van der Waals surface area contributed by atoms with Crippen molar-refractivity contribution in [3.63, 3.8) is 0 Å². The second kappa shape index (κ2) is 6.87. The maximum absolute atomic E-state index is 11.9. The van der Waals surface area contributed by atoms with Gasteiger partial charge >= 0.3 is 11.7 Å². The van der Waals surface area contributed by atoms with Gasteiger partial charge in [-0.15, -0.1) is 0 Å². The predicted octanol–water partition coefficient (Wildman–Crippen LogP) is -2.67. The van der Waals surface area contributed by atoms with Gasteiger partial charge < -0.3 is 24.8 Å². The number of aliphatic hydroxyl groups excluding tert-OH is 3. The highest BCUT2D eigenvalue weighted by atomic mass is 16.6. The molecule has 0 aromatic carbocycles. The summed E-state index contributed by atoms with van der Waals surface area (Å²) in [6, 6.07) is 0. The lowest BCUT2D eigenvalue weighted by atomic mass is 10.0. The molecule has 0 spiro atoms. The molecule has 1 fully saturated rings. The Balaban J connectivity index is 2.40. The summed E-state index contributed by atoms with van der Waals surface area (Å²) in [5.74, 6) is -0.711. The lowest BCUT2D eigenvalue weighted by Gasteiger charge is -2.14. The molecule has 2 heterocycles. The van der Waals surface area contributed by atoms with Crippen LogP contribution < -0.4 is 11.2 Å². The van der Waals surface area contributed by atoms with Gasteiger partial charge in [0.05, 0.1) is 19.3 Å². The Labute approximate surface area is 129 Å². The molecule has 4 N–H and O–H groups in total. The molecule has 10 nitrogen and oxygen atoms in total. The van der Waals surface area contributed by atoms with Crippen LogP contribution in [0.3, 0.4) is 0 Å². The summed E-state index contributed by atoms with van der Waals surface area (Å²) in [6.07, 6.45) is -2.03. The van der Waals surface area contributed by atoms with Crippen molar-refractivity contribution in [2.24, 2.45) is 0 Å². The van der Waals surface area contributed by atoms with E-state index in [4.69, 9.17) is 9.84 Å². The molecule has 1 aromatic heterocycles. The molecule has 0 radical (unpaired) electrons. The van der Waals surface area contributed by atoms with Gasteiger partial charge in [0, 0.05) is 18.5 Å². The van der Waals surface area contributed by atoms with Crippen molar-refractivity contribution in [3.8, 4) is 0 Å². The molecule has 10 heteroatoms. The highest BCUT2D eigenvalue weighted by Gasteiger charge is 2.44. The number of nitrogens with zero attached hydrogens (tertiary/aromatic N) is 1. The average molecular weight is 328 g/mol. The zero-order chi connectivity index (χ0) is 17.1. The zero-order valence-electron chi connectivity index (χ0n) is 12.1. The van der Waals surface area contributed by atoms with Crippen molar-refractivity contribution in [3.05, 3.63) is 38.7 Å². The number of methoxy groups -OCH3 is 1. The molecule has 23 heavy (non-hydrogen) atoms. The van der Waals surface area contributed by atoms with E-state index < -0.39 is 48.2 Å². The molecule has 126 valence electrons. The Morgan fingerprint density at radius 3 is 2.70 bits per heavy atom. The van der Waals surface area contributed by atoms with Crippen LogP contribution in [0, 0.1) is 0 Å². The molecule has 1 aromatic rings. The smallest absolute Gasteiger partial charge is 0.332 e. The van der Waals surface area contributed by atoms with E-state index in [1.54, 1.807) is 0 Å². The molecule has 4 atom stereocenters. The quantitative estimate of drug-likeness (QED) is 0.345. The fraction of sp³-hybridized carbons (Fsp3) is 0.462. The summed E-state index contributed by atoms with van der Waals surface area (Å²) in [6.45, 7) is -0.547. The molecule has 1 aliphatic rings. The molecular formula is C13H16N2O8. The van der Waals surface area contributed by atoms with Crippen molar-refractivity contribution in [2.45, 2.75) is 24.4 Å². The van der Waals surface area contributed by atoms with Gasteiger partial charge in [-0.2, -0.15) is 0 Å². The van der Waals surface area contributed by atoms with Gasteiger partial charge in [0.1, 0.15) is 24.4 Å². The maximum atomic E-state index is 11.9. The van der Waals surface area contributed by atoms with Gasteiger partial charge in [-0.05, 0) is 0 Å². The zero-order valence-corrected chi connectivity index (χ0v) is 12.1. The molecular weight excluding hydrogens is 312 g/mol. The molecule has 0 saturated carbocycles. The fourth-order valence-electron chi connectivity index (χ4n) is 2.18. The summed E-state index contributed by atoms with van der Waals surface area (Å²) >= 11 is 0. The monoisotopic (exact) mass is 328 g/mol. The number of carbonyl (C=O) groups is 1. The molecule has 1 aliphatic heterocycles. The van der Waals surface area contributed by atoms with Gasteiger partial charge in [-0.1, -0.05) is 0 Å². The van der Waals surface area contributed by atoms with E-state index in [1.165, 1.54) is 0 Å². The van der Waals surface area contributed by atoms with E-state index in [1.807, 2.05) is 4.98 Å². The first-order chi connectivity index (χ1) is 10.9. The Bertz CT molecular complexity index is 721. The molecule has 2 unspecified atom stereocenters. The van der Waals surface area contributed by atoms with Crippen LogP contribution in [0.2, 0.25) is 0 Å². The van der Waals surface area contributed by atoms with Gasteiger partial charge in [0.25, 0.3) is 5.56 Å². The van der Waals surface area contributed by atoms with Crippen LogP contribution in [0.15, 0.2) is 21.9 Å². The molecule has 2 rings (SSSR count). The van der Waals surface area contributed by atoms with Crippen molar-refractivity contribution in [2.75, 3.05) is 13.7 Å². The predicted molar refractivity (Wildman–Crippen MR) is 75.4 cm³/mol. The minimum Gasteiger partial charge on any atom is -0.466 e. The Morgan fingerprint density at radius 1 is 1.43 bits per heavy atom. The van der Waals surface area contributed by atoms with Gasteiger partial charge in [0.15, 0.2) is 0 Å². The number of carbonyl (C=O) groups excluding carboxylic acids is 1. The number of esters is 1. The van der Waals surface area contributed by atoms with Crippen molar-refractivity contribution in [1.29, 1.82) is 0 Å². The number of aromatic nitrogens is 2. The largest absolute Gasteiger partial charge is 0.466 e. The van der Waals surface area contributed by atoms with Crippen LogP contribution in [-0.4, -0.2) is 62.9 Å². The summed E-state index contributed by atoms with van der Waals surface area (Å²) in [7, 11) is 1.16. The van der Waals surface area contributed by atoms with E-state index in [9.17, 15) is 24.6 Å². The highest BCUT2D eigenvalue weighted by molar-refractivity contribution is 5.84. The van der Waals surface area contributed by atoms with Crippen LogP contribution in [0.4, 0.5) is 0 Å². The van der Waals surface area contributed by atoms with Gasteiger partial charge in [0.2, 0.25) is 0 Å². The standard InChI is InChI=1S/C13H16N2O8/c1-22-8(17)2-3-15-4-6(12(20)14-13(15)21)11-10(19)9(18)7(5-16)23-11/h2-4,7,9-11,16,18-19H,5H2,1H3,(H,14,20,21)/b3-2+/t7-,9?,10?,11+/m1/s1. The third kappa shape index (κ3) is 3.40. The fourth-order valence-corrected chi connectivity index (χ4v) is 2.18. The Kier molecular flexibility index (Phi) is 5.11. The summed E-state index contributed by atoms with van der Waals surface area (Å²) < 4.78 is 10.5. The van der Waals surface area contributed by atoms with E-state index in [0.717, 1.165) is 30.1 Å². The lowest BCUT2D eigenvalue weighted by Crippen LogP contribution is -2.35. The third-order valence-electron chi connectivity index (χ3n) is 3.42. The number of H-pyrrole nitrogens is 1. The van der Waals surface area contributed by atoms with E-state index in [2.05, 4.69) is 4.74 Å². The number of rotatable bonds is 4. The molecule has 0 bridgehead atoms. The molecule has 0 amide bonds. The van der Waals surface area contributed by atoms with Gasteiger partial charge in [-0.25, -0.2) is 9.59 Å². The number of hydrogen-bond donors (Lipinski definition) is 4. The highest BCUT2D eigenvalue weighted by Crippen LogP contribution is 2.31. The number of nitrogens with one attached hydrogen (secondary N) is 1. The topological polar surface area (TPSA) is 151 Å². The second-order valence-corrected chi connectivity index (χ2v) is 4.85. The van der Waals surface area contributed by atoms with Crippen molar-refractivity contribution in [1.82, 2.24) is 9.55 Å². The Hall–Kier alpha value is -2.27. The third-order valence-corrected chi connectivity index (χ3v) is 3.42. The second-order valence-electron chi connectivity index (χ2n) is 4.85. The van der Waals surface area contributed by atoms with E-state index >= 15 is 0 Å². The van der Waals surface area contributed by atoms with Crippen LogP contribution >= 0.6 is 0 Å². The number of hydrogen-bond acceptors (Lipinski definition) is 8. The number of ether oxygens (including phenoxy) is 2. The number of aliphatic hydroxyl groups is 3. The van der Waals surface area contributed by atoms with Crippen LogP contribution in [0.25, 0.3) is 6.20 Å². The van der Waals surface area contributed by atoms with E-state index in [0.29, 0.717) is 0 Å². The summed E-state index contributed by atoms with van der Waals surface area (Å²) in [5.41, 5.74) is -1.76. The van der Waals surface area contributed by atoms with Crippen molar-refractivity contribution < 1.29 is 29.6 Å². The van der Waals surface area contributed by atoms with Gasteiger partial charge in [-0.3, -0.25) is 14.3 Å².